The number of hydrogen-bond donors (Lipinski definition) is 8. The highest BCUT2D eigenvalue weighted by atomic mass is 16.7. The van der Waals surface area contributed by atoms with Gasteiger partial charge in [0.2, 0.25) is 5.79 Å². The Kier molecular flexibility index (Phi) is 5.92. The zero-order valence-corrected chi connectivity index (χ0v) is 12.0. The third-order valence-corrected chi connectivity index (χ3v) is 4.01. The van der Waals surface area contributed by atoms with Crippen molar-refractivity contribution in [2.75, 3.05) is 19.8 Å². The lowest BCUT2D eigenvalue weighted by atomic mass is 9.96. The Balaban J connectivity index is 2.17. The first-order chi connectivity index (χ1) is 10.7. The van der Waals surface area contributed by atoms with Gasteiger partial charge in [0.1, 0.15) is 42.7 Å². The lowest BCUT2D eigenvalue weighted by Gasteiger charge is -2.47. The summed E-state index contributed by atoms with van der Waals surface area (Å²) in [6.45, 7) is -2.15. The molecule has 136 valence electrons. The van der Waals surface area contributed by atoms with E-state index < -0.39 is 74.6 Å². The molecular weight excluding hydrogens is 320 g/mol. The molecule has 0 aromatic carbocycles. The average molecular weight is 342 g/mol. The topological polar surface area (TPSA) is 190 Å². The van der Waals surface area contributed by atoms with Crippen LogP contribution in [0.25, 0.3) is 0 Å². The van der Waals surface area contributed by atoms with E-state index in [2.05, 4.69) is 0 Å². The SMILES string of the molecule is OC[C@@H]1O[C@H](O[C@@H]2[C@@H](O)[C@H](O)CO[C@@]2(O)CO)[C@H](O)[C@@H](O)[C@@H]1O. The number of aliphatic hydroxyl groups is 8. The molecule has 0 amide bonds. The largest absolute Gasteiger partial charge is 0.394 e. The molecule has 8 N–H and O–H groups in total. The zero-order chi connectivity index (χ0) is 17.4. The summed E-state index contributed by atoms with van der Waals surface area (Å²) in [7, 11) is 0. The minimum Gasteiger partial charge on any atom is -0.394 e. The second-order valence-corrected chi connectivity index (χ2v) is 5.63. The van der Waals surface area contributed by atoms with Crippen molar-refractivity contribution in [3.8, 4) is 0 Å². The third-order valence-electron chi connectivity index (χ3n) is 4.01. The van der Waals surface area contributed by atoms with Gasteiger partial charge < -0.3 is 55.1 Å². The molecule has 2 rings (SSSR count). The van der Waals surface area contributed by atoms with Crippen molar-refractivity contribution >= 4 is 0 Å². The normalized spacial score (nSPS) is 51.7. The van der Waals surface area contributed by atoms with Crippen molar-refractivity contribution in [1.82, 2.24) is 0 Å². The average Bonchev–Trinajstić information content (AvgIpc) is 2.55. The van der Waals surface area contributed by atoms with Crippen LogP contribution in [-0.4, -0.2) is 115 Å². The Bertz CT molecular complexity index is 393. The van der Waals surface area contributed by atoms with Crippen molar-refractivity contribution < 1.29 is 55.1 Å². The molecule has 0 aromatic rings. The fraction of sp³-hybridized carbons (Fsp3) is 1.00. The maximum atomic E-state index is 10.1. The van der Waals surface area contributed by atoms with Gasteiger partial charge in [-0.05, 0) is 0 Å². The van der Waals surface area contributed by atoms with Gasteiger partial charge in [-0.1, -0.05) is 0 Å². The van der Waals surface area contributed by atoms with Crippen LogP contribution in [0.1, 0.15) is 0 Å². The summed E-state index contributed by atoms with van der Waals surface area (Å²) >= 11 is 0. The summed E-state index contributed by atoms with van der Waals surface area (Å²) in [6, 6.07) is 0. The van der Waals surface area contributed by atoms with Crippen LogP contribution in [-0.2, 0) is 14.2 Å². The Hall–Kier alpha value is -0.440. The van der Waals surface area contributed by atoms with Crippen LogP contribution in [0.2, 0.25) is 0 Å². The fourth-order valence-electron chi connectivity index (χ4n) is 2.53. The molecular formula is C12H22O11. The van der Waals surface area contributed by atoms with Crippen LogP contribution in [0.5, 0.6) is 0 Å². The van der Waals surface area contributed by atoms with Crippen LogP contribution in [0.15, 0.2) is 0 Å². The lowest BCUT2D eigenvalue weighted by Crippen LogP contribution is -2.67. The summed E-state index contributed by atoms with van der Waals surface area (Å²) in [5.74, 6) is -2.38. The minimum absolute atomic E-state index is 0.466. The summed E-state index contributed by atoms with van der Waals surface area (Å²) < 4.78 is 15.1. The van der Waals surface area contributed by atoms with Gasteiger partial charge >= 0.3 is 0 Å². The summed E-state index contributed by atoms with van der Waals surface area (Å²) in [4.78, 5) is 0. The Morgan fingerprint density at radius 3 is 2.17 bits per heavy atom. The maximum Gasteiger partial charge on any atom is 0.219 e. The maximum absolute atomic E-state index is 10.1. The van der Waals surface area contributed by atoms with Gasteiger partial charge in [0.05, 0.1) is 19.8 Å². The molecule has 0 aliphatic carbocycles. The first-order valence-electron chi connectivity index (χ1n) is 7.04. The van der Waals surface area contributed by atoms with E-state index >= 15 is 0 Å². The quantitative estimate of drug-likeness (QED) is 0.243. The third kappa shape index (κ3) is 3.50. The summed E-state index contributed by atoms with van der Waals surface area (Å²) in [5.41, 5.74) is 0. The molecule has 2 aliphatic heterocycles. The number of rotatable bonds is 4. The number of hydrogen-bond acceptors (Lipinski definition) is 11. The van der Waals surface area contributed by atoms with Crippen LogP contribution in [0.3, 0.4) is 0 Å². The van der Waals surface area contributed by atoms with Crippen LogP contribution < -0.4 is 0 Å². The van der Waals surface area contributed by atoms with Crippen molar-refractivity contribution in [3.05, 3.63) is 0 Å². The van der Waals surface area contributed by atoms with Gasteiger partial charge in [0.25, 0.3) is 0 Å². The fourth-order valence-corrected chi connectivity index (χ4v) is 2.53. The highest BCUT2D eigenvalue weighted by Crippen LogP contribution is 2.30. The van der Waals surface area contributed by atoms with Crippen LogP contribution >= 0.6 is 0 Å². The Labute approximate surface area is 130 Å². The molecule has 0 unspecified atom stereocenters. The second kappa shape index (κ2) is 7.21. The summed E-state index contributed by atoms with van der Waals surface area (Å²) in [6.07, 6.45) is -12.9. The number of aliphatic hydroxyl groups excluding tert-OH is 7. The summed E-state index contributed by atoms with van der Waals surface area (Å²) in [5, 5.41) is 77.2. The van der Waals surface area contributed by atoms with Gasteiger partial charge in [-0.2, -0.15) is 0 Å². The smallest absolute Gasteiger partial charge is 0.219 e. The van der Waals surface area contributed by atoms with Crippen LogP contribution in [0.4, 0.5) is 0 Å². The van der Waals surface area contributed by atoms with E-state index in [9.17, 15) is 35.7 Å². The second-order valence-electron chi connectivity index (χ2n) is 5.63. The monoisotopic (exact) mass is 342 g/mol. The highest BCUT2D eigenvalue weighted by Gasteiger charge is 2.53. The molecule has 0 aromatic heterocycles. The molecule has 11 nitrogen and oxygen atoms in total. The molecule has 9 atom stereocenters. The standard InChI is InChI=1S/C12H22O11/c13-1-5-7(17)8(18)9(19)11(22-5)23-10-6(16)4(15)2-21-12(10,20)3-14/h4-11,13-20H,1-3H2/t4-,5+,6+,7-,8+,9-,10-,11-,12+/m1/s1. The van der Waals surface area contributed by atoms with Crippen LogP contribution in [0, 0.1) is 0 Å². The van der Waals surface area contributed by atoms with Crippen molar-refractivity contribution in [2.24, 2.45) is 0 Å². The Morgan fingerprint density at radius 1 is 0.957 bits per heavy atom. The molecule has 2 aliphatic rings. The first kappa shape index (κ1) is 18.9. The number of ether oxygens (including phenoxy) is 3. The first-order valence-corrected chi connectivity index (χ1v) is 7.04. The zero-order valence-electron chi connectivity index (χ0n) is 12.0. The van der Waals surface area contributed by atoms with Crippen molar-refractivity contribution in [2.45, 2.75) is 54.8 Å². The van der Waals surface area contributed by atoms with Gasteiger partial charge in [-0.3, -0.25) is 0 Å². The molecule has 2 heterocycles. The van der Waals surface area contributed by atoms with Gasteiger partial charge in [0, 0.05) is 0 Å². The molecule has 11 heteroatoms. The van der Waals surface area contributed by atoms with Crippen molar-refractivity contribution in [3.63, 3.8) is 0 Å². The van der Waals surface area contributed by atoms with Gasteiger partial charge in [0.15, 0.2) is 6.29 Å². The van der Waals surface area contributed by atoms with E-state index in [-0.39, 0.29) is 0 Å². The van der Waals surface area contributed by atoms with E-state index in [1.54, 1.807) is 0 Å². The molecule has 0 bridgehead atoms. The van der Waals surface area contributed by atoms with E-state index in [1.807, 2.05) is 0 Å². The van der Waals surface area contributed by atoms with E-state index in [0.717, 1.165) is 0 Å². The minimum atomic E-state index is -2.38. The molecule has 0 spiro atoms. The predicted octanol–water partition coefficient (Wildman–Crippen LogP) is -5.40. The van der Waals surface area contributed by atoms with Crippen molar-refractivity contribution in [1.29, 1.82) is 0 Å². The Morgan fingerprint density at radius 2 is 1.61 bits per heavy atom. The molecule has 0 radical (unpaired) electrons. The van der Waals surface area contributed by atoms with E-state index in [0.29, 0.717) is 0 Å². The molecule has 2 fully saturated rings. The van der Waals surface area contributed by atoms with E-state index in [4.69, 9.17) is 19.3 Å². The van der Waals surface area contributed by atoms with E-state index in [1.165, 1.54) is 0 Å². The predicted molar refractivity (Wildman–Crippen MR) is 68.6 cm³/mol. The van der Waals surface area contributed by atoms with Gasteiger partial charge in [-0.25, -0.2) is 0 Å². The molecule has 2 saturated heterocycles. The lowest BCUT2D eigenvalue weighted by molar-refractivity contribution is -0.387. The molecule has 23 heavy (non-hydrogen) atoms. The van der Waals surface area contributed by atoms with Gasteiger partial charge in [-0.15, -0.1) is 0 Å². The molecule has 0 saturated carbocycles. The highest BCUT2D eigenvalue weighted by molar-refractivity contribution is 4.95.